The average Bonchev–Trinajstić information content (AvgIpc) is 3.53. The van der Waals surface area contributed by atoms with Crippen LogP contribution in [0.2, 0.25) is 0 Å². The van der Waals surface area contributed by atoms with Crippen molar-refractivity contribution in [2.75, 3.05) is 32.7 Å². The quantitative estimate of drug-likeness (QED) is 0.487. The van der Waals surface area contributed by atoms with Crippen molar-refractivity contribution in [3.8, 4) is 11.5 Å². The lowest BCUT2D eigenvalue weighted by Gasteiger charge is -2.20. The summed E-state index contributed by atoms with van der Waals surface area (Å²) in [4.78, 5) is 49.5. The maximum absolute atomic E-state index is 12.5. The highest BCUT2D eigenvalue weighted by Crippen LogP contribution is 2.42. The molecule has 1 atom stereocenters. The van der Waals surface area contributed by atoms with Crippen LogP contribution >= 0.6 is 0 Å². The van der Waals surface area contributed by atoms with E-state index in [0.717, 1.165) is 17.7 Å². The van der Waals surface area contributed by atoms with Crippen molar-refractivity contribution in [1.29, 1.82) is 0 Å². The molecule has 2 aliphatic rings. The van der Waals surface area contributed by atoms with Crippen molar-refractivity contribution in [2.45, 2.75) is 25.3 Å². The van der Waals surface area contributed by atoms with E-state index in [4.69, 9.17) is 14.2 Å². The maximum Gasteiger partial charge on any atom is 0.326 e. The van der Waals surface area contributed by atoms with E-state index in [-0.39, 0.29) is 5.92 Å². The van der Waals surface area contributed by atoms with Crippen LogP contribution in [0.1, 0.15) is 19.8 Å². The van der Waals surface area contributed by atoms with Gasteiger partial charge in [-0.1, -0.05) is 0 Å². The molecule has 0 radical (unpaired) electrons. The fourth-order valence-electron chi connectivity index (χ4n) is 3.21. The van der Waals surface area contributed by atoms with Gasteiger partial charge in [0, 0.05) is 6.07 Å². The highest BCUT2D eigenvalue weighted by molar-refractivity contribution is 6.09. The van der Waals surface area contributed by atoms with Crippen molar-refractivity contribution < 1.29 is 33.4 Å². The molecule has 4 amide bonds. The molecule has 0 unspecified atom stereocenters. The van der Waals surface area contributed by atoms with Gasteiger partial charge in [0.15, 0.2) is 6.61 Å². The lowest BCUT2D eigenvalue weighted by atomic mass is 9.96. The molecule has 0 spiro atoms. The summed E-state index contributed by atoms with van der Waals surface area (Å²) >= 11 is 0. The van der Waals surface area contributed by atoms with E-state index < -0.39 is 42.5 Å². The van der Waals surface area contributed by atoms with E-state index in [2.05, 4.69) is 10.6 Å². The summed E-state index contributed by atoms with van der Waals surface area (Å²) in [6.07, 6.45) is 1.71. The summed E-state index contributed by atoms with van der Waals surface area (Å²) in [5.41, 5.74) is -0.594. The zero-order valence-corrected chi connectivity index (χ0v) is 16.4. The van der Waals surface area contributed by atoms with E-state index in [1.54, 1.807) is 25.1 Å². The first kappa shape index (κ1) is 20.4. The molecule has 3 rings (SSSR count). The molecule has 1 aliphatic carbocycles. The molecule has 10 heteroatoms. The van der Waals surface area contributed by atoms with E-state index >= 15 is 0 Å². The molecule has 156 valence electrons. The molecule has 1 heterocycles. The number of rotatable bonds is 8. The molecule has 1 saturated carbocycles. The van der Waals surface area contributed by atoms with Crippen LogP contribution < -0.4 is 20.1 Å². The number of carbonyl (C=O) groups is 4. The van der Waals surface area contributed by atoms with Gasteiger partial charge in [-0.25, -0.2) is 4.79 Å². The van der Waals surface area contributed by atoms with Crippen LogP contribution in [-0.2, 0) is 19.1 Å². The van der Waals surface area contributed by atoms with Crippen molar-refractivity contribution in [3.05, 3.63) is 18.2 Å². The number of hydrogen-bond donors (Lipinski definition) is 2. The summed E-state index contributed by atoms with van der Waals surface area (Å²) in [5.74, 6) is -0.882. The monoisotopic (exact) mass is 405 g/mol. The van der Waals surface area contributed by atoms with Crippen LogP contribution in [0.25, 0.3) is 0 Å². The first-order valence-corrected chi connectivity index (χ1v) is 9.10. The van der Waals surface area contributed by atoms with Gasteiger partial charge in [0.2, 0.25) is 0 Å². The Balaban J connectivity index is 1.51. The average molecular weight is 405 g/mol. The Kier molecular flexibility index (Phi) is 5.62. The largest absolute Gasteiger partial charge is 0.497 e. The molecule has 0 bridgehead atoms. The van der Waals surface area contributed by atoms with Crippen LogP contribution in [0, 0.1) is 5.92 Å². The highest BCUT2D eigenvalue weighted by Gasteiger charge is 2.56. The number of nitrogens with zero attached hydrogens (tertiary/aromatic N) is 1. The number of imide groups is 1. The number of anilines is 1. The summed E-state index contributed by atoms with van der Waals surface area (Å²) < 4.78 is 15.2. The lowest BCUT2D eigenvalue weighted by molar-refractivity contribution is -0.150. The fourth-order valence-corrected chi connectivity index (χ4v) is 3.21. The first-order chi connectivity index (χ1) is 13.8. The van der Waals surface area contributed by atoms with Gasteiger partial charge in [-0.05, 0) is 37.8 Å². The normalized spacial score (nSPS) is 20.9. The fraction of sp³-hybridized carbons (Fsp3) is 0.474. The van der Waals surface area contributed by atoms with Gasteiger partial charge in [-0.3, -0.25) is 19.3 Å². The Bertz CT molecular complexity index is 852. The Hall–Kier alpha value is -3.30. The number of methoxy groups -OCH3 is 2. The number of nitrogens with one attached hydrogen (secondary N) is 2. The molecule has 0 aromatic heterocycles. The Morgan fingerprint density at radius 2 is 1.97 bits per heavy atom. The lowest BCUT2D eigenvalue weighted by Crippen LogP contribution is -2.46. The molecule has 10 nitrogen and oxygen atoms in total. The standard InChI is InChI=1S/C19H23N3O7/c1-19(11-4-5-11)17(25)22(18(26)21-19)9-16(24)29-10-15(23)20-13-7-6-12(27-2)8-14(13)28-3/h6-8,11H,4-5,9-10H2,1-3H3,(H,20,23)(H,21,26)/t19-/m1/s1. The molecular weight excluding hydrogens is 382 g/mol. The molecule has 29 heavy (non-hydrogen) atoms. The van der Waals surface area contributed by atoms with Crippen LogP contribution in [-0.4, -0.2) is 61.6 Å². The number of ether oxygens (including phenoxy) is 3. The zero-order chi connectivity index (χ0) is 21.2. The molecular formula is C19H23N3O7. The van der Waals surface area contributed by atoms with Crippen molar-refractivity contribution in [3.63, 3.8) is 0 Å². The first-order valence-electron chi connectivity index (χ1n) is 9.10. The Morgan fingerprint density at radius 3 is 2.59 bits per heavy atom. The highest BCUT2D eigenvalue weighted by atomic mass is 16.5. The van der Waals surface area contributed by atoms with Crippen LogP contribution in [0.3, 0.4) is 0 Å². The third-order valence-corrected chi connectivity index (χ3v) is 5.03. The van der Waals surface area contributed by atoms with Crippen LogP contribution in [0.15, 0.2) is 18.2 Å². The van der Waals surface area contributed by atoms with Crippen molar-refractivity contribution in [1.82, 2.24) is 10.2 Å². The number of carbonyl (C=O) groups excluding carboxylic acids is 4. The summed E-state index contributed by atoms with van der Waals surface area (Å²) in [7, 11) is 2.95. The summed E-state index contributed by atoms with van der Waals surface area (Å²) in [5, 5.41) is 5.20. The smallest absolute Gasteiger partial charge is 0.326 e. The number of benzene rings is 1. The minimum absolute atomic E-state index is 0.0882. The molecule has 2 fully saturated rings. The molecule has 1 saturated heterocycles. The van der Waals surface area contributed by atoms with Gasteiger partial charge in [-0.2, -0.15) is 0 Å². The maximum atomic E-state index is 12.5. The van der Waals surface area contributed by atoms with Gasteiger partial charge in [0.25, 0.3) is 11.8 Å². The minimum atomic E-state index is -0.973. The van der Waals surface area contributed by atoms with E-state index in [0.29, 0.717) is 17.2 Å². The minimum Gasteiger partial charge on any atom is -0.497 e. The number of esters is 1. The second-order valence-electron chi connectivity index (χ2n) is 7.07. The van der Waals surface area contributed by atoms with Crippen LogP contribution in [0.5, 0.6) is 11.5 Å². The molecule has 1 aliphatic heterocycles. The predicted octanol–water partition coefficient (Wildman–Crippen LogP) is 0.906. The summed E-state index contributed by atoms with van der Waals surface area (Å²) in [6, 6.07) is 4.19. The molecule has 1 aromatic rings. The van der Waals surface area contributed by atoms with Gasteiger partial charge in [0.1, 0.15) is 23.6 Å². The number of urea groups is 1. The van der Waals surface area contributed by atoms with E-state index in [1.165, 1.54) is 14.2 Å². The van der Waals surface area contributed by atoms with Crippen molar-refractivity contribution in [2.24, 2.45) is 5.92 Å². The zero-order valence-electron chi connectivity index (χ0n) is 16.4. The van der Waals surface area contributed by atoms with Crippen LogP contribution in [0.4, 0.5) is 10.5 Å². The molecule has 2 N–H and O–H groups in total. The second-order valence-corrected chi connectivity index (χ2v) is 7.07. The molecule has 1 aromatic carbocycles. The summed E-state index contributed by atoms with van der Waals surface area (Å²) in [6.45, 7) is 0.537. The Morgan fingerprint density at radius 1 is 1.24 bits per heavy atom. The number of amides is 4. The SMILES string of the molecule is COc1ccc(NC(=O)COC(=O)CN2C(=O)N[C@](C)(C3CC3)C2=O)c(OC)c1. The topological polar surface area (TPSA) is 123 Å². The second kappa shape index (κ2) is 7.98. The third kappa shape index (κ3) is 4.25. The van der Waals surface area contributed by atoms with Gasteiger partial charge < -0.3 is 24.8 Å². The van der Waals surface area contributed by atoms with Crippen molar-refractivity contribution >= 4 is 29.5 Å². The van der Waals surface area contributed by atoms with E-state index in [9.17, 15) is 19.2 Å². The van der Waals surface area contributed by atoms with Gasteiger partial charge in [0.05, 0.1) is 19.9 Å². The van der Waals surface area contributed by atoms with E-state index in [1.807, 2.05) is 0 Å². The third-order valence-electron chi connectivity index (χ3n) is 5.03. The predicted molar refractivity (Wildman–Crippen MR) is 101 cm³/mol. The van der Waals surface area contributed by atoms with Gasteiger partial charge in [-0.15, -0.1) is 0 Å². The van der Waals surface area contributed by atoms with Gasteiger partial charge >= 0.3 is 12.0 Å². The number of hydrogen-bond acceptors (Lipinski definition) is 7. The Labute approximate surface area is 167 Å².